The molecule has 31 heavy (non-hydrogen) atoms. The van der Waals surface area contributed by atoms with E-state index in [9.17, 15) is 0 Å². The summed E-state index contributed by atoms with van der Waals surface area (Å²) in [4.78, 5) is 16.2. The largest absolute Gasteiger partial charge is 0.444 e. The Morgan fingerprint density at radius 3 is 2.61 bits per heavy atom. The number of halogens is 1. The third-order valence-corrected chi connectivity index (χ3v) is 5.01. The van der Waals surface area contributed by atoms with Crippen LogP contribution in [-0.2, 0) is 13.1 Å². The molecular weight excluding hydrogens is 503 g/mol. The predicted molar refractivity (Wildman–Crippen MR) is 135 cm³/mol. The van der Waals surface area contributed by atoms with Crippen LogP contribution in [0.15, 0.2) is 64.3 Å². The Bertz CT molecular complexity index is 952. The number of hydrogen-bond acceptors (Lipinski definition) is 5. The van der Waals surface area contributed by atoms with Crippen LogP contribution in [0.2, 0.25) is 0 Å². The van der Waals surface area contributed by atoms with Gasteiger partial charge < -0.3 is 20.0 Å². The molecule has 0 spiro atoms. The summed E-state index contributed by atoms with van der Waals surface area (Å²) in [5, 5.41) is 6.59. The molecule has 1 saturated heterocycles. The zero-order valence-corrected chi connectivity index (χ0v) is 20.1. The monoisotopic (exact) mass is 532 g/mol. The standard InChI is InChI=1S/C23H28N6O.HI/c1-2-24-23(26-15-18-10-11-21(25-14-18)29-12-6-7-13-29)27-16-20-17-30-22(28-20)19-8-4-3-5-9-19;/h3-5,8-11,14,17H,2,6-7,12-13,15-16H2,1H3,(H2,24,26,27);1H. The molecular formula is C23H29IN6O. The van der Waals surface area contributed by atoms with Gasteiger partial charge in [-0.1, -0.05) is 24.3 Å². The van der Waals surface area contributed by atoms with Gasteiger partial charge in [0.15, 0.2) is 5.96 Å². The van der Waals surface area contributed by atoms with Crippen molar-refractivity contribution in [1.82, 2.24) is 20.6 Å². The summed E-state index contributed by atoms with van der Waals surface area (Å²) in [7, 11) is 0. The van der Waals surface area contributed by atoms with Crippen molar-refractivity contribution in [3.63, 3.8) is 0 Å². The third kappa shape index (κ3) is 6.43. The van der Waals surface area contributed by atoms with E-state index < -0.39 is 0 Å². The number of pyridine rings is 1. The Labute approximate surface area is 200 Å². The van der Waals surface area contributed by atoms with Gasteiger partial charge in [-0.05, 0) is 43.5 Å². The van der Waals surface area contributed by atoms with E-state index in [4.69, 9.17) is 4.42 Å². The van der Waals surface area contributed by atoms with E-state index in [0.29, 0.717) is 19.0 Å². The van der Waals surface area contributed by atoms with Gasteiger partial charge in [0.25, 0.3) is 0 Å². The van der Waals surface area contributed by atoms with Crippen molar-refractivity contribution in [2.24, 2.45) is 4.99 Å². The van der Waals surface area contributed by atoms with Crippen LogP contribution in [0.4, 0.5) is 5.82 Å². The second-order valence-electron chi connectivity index (χ2n) is 7.28. The lowest BCUT2D eigenvalue weighted by molar-refractivity contribution is 0.572. The van der Waals surface area contributed by atoms with Crippen molar-refractivity contribution in [2.75, 3.05) is 24.5 Å². The van der Waals surface area contributed by atoms with Crippen molar-refractivity contribution in [3.05, 3.63) is 66.2 Å². The highest BCUT2D eigenvalue weighted by Crippen LogP contribution is 2.18. The molecule has 2 N–H and O–H groups in total. The van der Waals surface area contributed by atoms with Crippen LogP contribution in [-0.4, -0.2) is 35.6 Å². The Kier molecular flexibility index (Phi) is 8.69. The van der Waals surface area contributed by atoms with Gasteiger partial charge in [-0.2, -0.15) is 0 Å². The molecule has 1 fully saturated rings. The smallest absolute Gasteiger partial charge is 0.226 e. The summed E-state index contributed by atoms with van der Waals surface area (Å²) in [6.07, 6.45) is 6.11. The van der Waals surface area contributed by atoms with Crippen LogP contribution in [0.5, 0.6) is 0 Å². The first-order valence-corrected chi connectivity index (χ1v) is 10.5. The molecule has 2 aromatic heterocycles. The minimum atomic E-state index is 0. The molecule has 0 atom stereocenters. The van der Waals surface area contributed by atoms with Crippen molar-refractivity contribution < 1.29 is 4.42 Å². The van der Waals surface area contributed by atoms with E-state index in [1.54, 1.807) is 6.26 Å². The number of benzene rings is 1. The van der Waals surface area contributed by atoms with E-state index in [-0.39, 0.29) is 24.0 Å². The molecule has 3 aromatic rings. The molecule has 0 bridgehead atoms. The fourth-order valence-electron chi connectivity index (χ4n) is 3.43. The number of hydrogen-bond donors (Lipinski definition) is 2. The zero-order valence-electron chi connectivity index (χ0n) is 17.8. The number of aromatic nitrogens is 2. The summed E-state index contributed by atoms with van der Waals surface area (Å²) in [6.45, 7) is 6.14. The maximum Gasteiger partial charge on any atom is 0.226 e. The van der Waals surface area contributed by atoms with Gasteiger partial charge in [0.05, 0.1) is 18.8 Å². The molecule has 8 heteroatoms. The number of aliphatic imine (C=N–C) groups is 1. The first kappa shape index (κ1) is 23.1. The van der Waals surface area contributed by atoms with E-state index in [1.807, 2.05) is 43.5 Å². The Hall–Kier alpha value is -2.62. The summed E-state index contributed by atoms with van der Waals surface area (Å²) in [5.74, 6) is 2.43. The SMILES string of the molecule is CCNC(=NCc1ccc(N2CCCC2)nc1)NCc1coc(-c2ccccc2)n1.I. The minimum Gasteiger partial charge on any atom is -0.444 e. The second-order valence-corrected chi connectivity index (χ2v) is 7.28. The quantitative estimate of drug-likeness (QED) is 0.270. The second kappa shape index (κ2) is 11.7. The van der Waals surface area contributed by atoms with E-state index >= 15 is 0 Å². The third-order valence-electron chi connectivity index (χ3n) is 5.01. The number of anilines is 1. The fraction of sp³-hybridized carbons (Fsp3) is 0.348. The Balaban J connectivity index is 0.00000272. The first-order chi connectivity index (χ1) is 14.8. The molecule has 0 unspecified atom stereocenters. The molecule has 164 valence electrons. The normalized spacial score (nSPS) is 13.7. The fourth-order valence-corrected chi connectivity index (χ4v) is 3.43. The van der Waals surface area contributed by atoms with Crippen molar-refractivity contribution >= 4 is 35.8 Å². The summed E-state index contributed by atoms with van der Waals surface area (Å²) >= 11 is 0. The molecule has 4 rings (SSSR count). The number of oxazole rings is 1. The molecule has 0 radical (unpaired) electrons. The van der Waals surface area contributed by atoms with Crippen molar-refractivity contribution in [1.29, 1.82) is 0 Å². The van der Waals surface area contributed by atoms with E-state index in [0.717, 1.165) is 48.2 Å². The molecule has 1 aliphatic heterocycles. The number of rotatable bonds is 7. The van der Waals surface area contributed by atoms with Gasteiger partial charge in [0.1, 0.15) is 12.1 Å². The van der Waals surface area contributed by atoms with Gasteiger partial charge in [0.2, 0.25) is 5.89 Å². The lowest BCUT2D eigenvalue weighted by Gasteiger charge is -2.16. The zero-order chi connectivity index (χ0) is 20.6. The van der Waals surface area contributed by atoms with Crippen LogP contribution in [0, 0.1) is 0 Å². The minimum absolute atomic E-state index is 0. The molecule has 1 aromatic carbocycles. The summed E-state index contributed by atoms with van der Waals surface area (Å²) in [6, 6.07) is 14.1. The topological polar surface area (TPSA) is 78.6 Å². The van der Waals surface area contributed by atoms with E-state index in [1.165, 1.54) is 12.8 Å². The van der Waals surface area contributed by atoms with Crippen LogP contribution in [0.3, 0.4) is 0 Å². The predicted octanol–water partition coefficient (Wildman–Crippen LogP) is 4.21. The van der Waals surface area contributed by atoms with Crippen LogP contribution >= 0.6 is 24.0 Å². The Morgan fingerprint density at radius 2 is 1.90 bits per heavy atom. The summed E-state index contributed by atoms with van der Waals surface area (Å²) in [5.41, 5.74) is 2.88. The van der Waals surface area contributed by atoms with E-state index in [2.05, 4.69) is 42.6 Å². The molecule has 0 saturated carbocycles. The number of nitrogens with one attached hydrogen (secondary N) is 2. The molecule has 0 amide bonds. The number of guanidine groups is 1. The van der Waals surface area contributed by atoms with Crippen LogP contribution < -0.4 is 15.5 Å². The Morgan fingerprint density at radius 1 is 1.10 bits per heavy atom. The average molecular weight is 532 g/mol. The highest BCUT2D eigenvalue weighted by atomic mass is 127. The van der Waals surface area contributed by atoms with Crippen LogP contribution in [0.1, 0.15) is 31.0 Å². The first-order valence-electron chi connectivity index (χ1n) is 10.5. The molecule has 7 nitrogen and oxygen atoms in total. The summed E-state index contributed by atoms with van der Waals surface area (Å²) < 4.78 is 5.60. The highest BCUT2D eigenvalue weighted by Gasteiger charge is 2.13. The molecule has 3 heterocycles. The van der Waals surface area contributed by atoms with Gasteiger partial charge in [0, 0.05) is 31.4 Å². The van der Waals surface area contributed by atoms with Crippen LogP contribution in [0.25, 0.3) is 11.5 Å². The average Bonchev–Trinajstić information content (AvgIpc) is 3.49. The van der Waals surface area contributed by atoms with Gasteiger partial charge in [-0.3, -0.25) is 0 Å². The van der Waals surface area contributed by atoms with Crippen molar-refractivity contribution in [2.45, 2.75) is 32.9 Å². The van der Waals surface area contributed by atoms with Gasteiger partial charge in [-0.15, -0.1) is 24.0 Å². The van der Waals surface area contributed by atoms with Crippen molar-refractivity contribution in [3.8, 4) is 11.5 Å². The number of nitrogens with zero attached hydrogens (tertiary/aromatic N) is 4. The molecule has 0 aliphatic carbocycles. The maximum atomic E-state index is 5.60. The van der Waals surface area contributed by atoms with Gasteiger partial charge in [-0.25, -0.2) is 15.0 Å². The maximum absolute atomic E-state index is 5.60. The molecule has 1 aliphatic rings. The highest BCUT2D eigenvalue weighted by molar-refractivity contribution is 14.0. The lowest BCUT2D eigenvalue weighted by atomic mass is 10.2. The lowest BCUT2D eigenvalue weighted by Crippen LogP contribution is -2.36. The van der Waals surface area contributed by atoms with Gasteiger partial charge >= 0.3 is 0 Å².